The molecule has 0 fully saturated rings. The third-order valence-corrected chi connectivity index (χ3v) is 3.27. The lowest BCUT2D eigenvalue weighted by Gasteiger charge is -2.11. The van der Waals surface area contributed by atoms with Gasteiger partial charge in [-0.1, -0.05) is 30.7 Å². The zero-order chi connectivity index (χ0) is 14.4. The molecule has 0 aliphatic rings. The first-order valence-electron chi connectivity index (χ1n) is 6.77. The van der Waals surface area contributed by atoms with Gasteiger partial charge in [0.1, 0.15) is 5.75 Å². The average molecular weight is 291 g/mol. The smallest absolute Gasteiger partial charge is 0.152 e. The number of rotatable bonds is 6. The summed E-state index contributed by atoms with van der Waals surface area (Å²) >= 11 is 6.08. The molecule has 0 aliphatic carbocycles. The highest BCUT2D eigenvalue weighted by Crippen LogP contribution is 2.23. The highest BCUT2D eigenvalue weighted by molar-refractivity contribution is 6.32. The molecular weight excluding hydrogens is 272 g/mol. The Bertz CT molecular complexity index is 535. The first-order valence-corrected chi connectivity index (χ1v) is 7.15. The Hall–Kier alpha value is -1.74. The molecule has 0 spiro atoms. The third kappa shape index (κ3) is 3.87. The van der Waals surface area contributed by atoms with Crippen LogP contribution in [0.4, 0.5) is 5.69 Å². The SMILES string of the molecule is CCCOc1ccc(CNc2c(C)ccnc2Cl)cc1. The van der Waals surface area contributed by atoms with Crippen molar-refractivity contribution in [2.45, 2.75) is 26.8 Å². The van der Waals surface area contributed by atoms with Crippen LogP contribution in [0.25, 0.3) is 0 Å². The number of anilines is 1. The molecule has 4 heteroatoms. The third-order valence-electron chi connectivity index (χ3n) is 2.98. The molecule has 1 aromatic heterocycles. The number of halogens is 1. The number of aryl methyl sites for hydroxylation is 1. The van der Waals surface area contributed by atoms with Crippen LogP contribution in [0.15, 0.2) is 36.5 Å². The van der Waals surface area contributed by atoms with E-state index in [-0.39, 0.29) is 0 Å². The summed E-state index contributed by atoms with van der Waals surface area (Å²) in [6.07, 6.45) is 2.73. The second-order valence-corrected chi connectivity index (χ2v) is 5.00. The van der Waals surface area contributed by atoms with Gasteiger partial charge in [-0.3, -0.25) is 0 Å². The van der Waals surface area contributed by atoms with Gasteiger partial charge in [-0.05, 0) is 42.7 Å². The molecule has 106 valence electrons. The lowest BCUT2D eigenvalue weighted by atomic mass is 10.2. The van der Waals surface area contributed by atoms with Gasteiger partial charge in [-0.2, -0.15) is 0 Å². The first kappa shape index (κ1) is 14.7. The Kier molecular flexibility index (Phi) is 5.24. The molecule has 20 heavy (non-hydrogen) atoms. The van der Waals surface area contributed by atoms with E-state index in [4.69, 9.17) is 16.3 Å². The van der Waals surface area contributed by atoms with Gasteiger partial charge in [0, 0.05) is 12.7 Å². The fourth-order valence-corrected chi connectivity index (χ4v) is 2.12. The summed E-state index contributed by atoms with van der Waals surface area (Å²) < 4.78 is 5.56. The topological polar surface area (TPSA) is 34.1 Å². The number of ether oxygens (including phenoxy) is 1. The van der Waals surface area contributed by atoms with E-state index < -0.39 is 0 Å². The van der Waals surface area contributed by atoms with E-state index in [0.29, 0.717) is 11.7 Å². The van der Waals surface area contributed by atoms with E-state index in [1.165, 1.54) is 5.56 Å². The summed E-state index contributed by atoms with van der Waals surface area (Å²) in [4.78, 5) is 4.08. The highest BCUT2D eigenvalue weighted by atomic mass is 35.5. The fraction of sp³-hybridized carbons (Fsp3) is 0.312. The van der Waals surface area contributed by atoms with E-state index in [0.717, 1.165) is 30.0 Å². The summed E-state index contributed by atoms with van der Waals surface area (Å²) in [5, 5.41) is 3.83. The fourth-order valence-electron chi connectivity index (χ4n) is 1.85. The second-order valence-electron chi connectivity index (χ2n) is 4.64. The number of pyridine rings is 1. The van der Waals surface area contributed by atoms with Crippen LogP contribution >= 0.6 is 11.6 Å². The summed E-state index contributed by atoms with van der Waals surface area (Å²) in [5.74, 6) is 0.909. The molecule has 0 amide bonds. The average Bonchev–Trinajstić information content (AvgIpc) is 2.46. The van der Waals surface area contributed by atoms with E-state index >= 15 is 0 Å². The molecule has 1 heterocycles. The molecule has 2 aromatic rings. The van der Waals surface area contributed by atoms with Crippen molar-refractivity contribution in [2.24, 2.45) is 0 Å². The summed E-state index contributed by atoms with van der Waals surface area (Å²) in [6, 6.07) is 10.0. The monoisotopic (exact) mass is 290 g/mol. The normalized spacial score (nSPS) is 10.3. The number of nitrogens with one attached hydrogen (secondary N) is 1. The predicted octanol–water partition coefficient (Wildman–Crippen LogP) is 4.44. The zero-order valence-electron chi connectivity index (χ0n) is 11.8. The number of nitrogens with zero attached hydrogens (tertiary/aromatic N) is 1. The summed E-state index contributed by atoms with van der Waals surface area (Å²) in [7, 11) is 0. The van der Waals surface area contributed by atoms with Crippen molar-refractivity contribution in [3.8, 4) is 5.75 Å². The van der Waals surface area contributed by atoms with Crippen molar-refractivity contribution in [1.82, 2.24) is 4.98 Å². The minimum absolute atomic E-state index is 0.507. The van der Waals surface area contributed by atoms with Crippen molar-refractivity contribution >= 4 is 17.3 Å². The van der Waals surface area contributed by atoms with Gasteiger partial charge < -0.3 is 10.1 Å². The van der Waals surface area contributed by atoms with Gasteiger partial charge in [0.2, 0.25) is 0 Å². The van der Waals surface area contributed by atoms with Crippen LogP contribution in [0.2, 0.25) is 5.15 Å². The molecule has 1 aromatic carbocycles. The summed E-state index contributed by atoms with van der Waals surface area (Å²) in [5.41, 5.74) is 3.15. The quantitative estimate of drug-likeness (QED) is 0.798. The van der Waals surface area contributed by atoms with Crippen LogP contribution in [-0.2, 0) is 6.54 Å². The van der Waals surface area contributed by atoms with E-state index in [1.807, 2.05) is 25.1 Å². The largest absolute Gasteiger partial charge is 0.494 e. The van der Waals surface area contributed by atoms with Gasteiger partial charge in [0.25, 0.3) is 0 Å². The maximum absolute atomic E-state index is 6.08. The standard InChI is InChI=1S/C16H19ClN2O/c1-3-10-20-14-6-4-13(5-7-14)11-19-15-12(2)8-9-18-16(15)17/h4-9,19H,3,10-11H2,1-2H3. The number of aromatic nitrogens is 1. The molecule has 0 atom stereocenters. The van der Waals surface area contributed by atoms with Crippen LogP contribution in [-0.4, -0.2) is 11.6 Å². The van der Waals surface area contributed by atoms with Crippen molar-refractivity contribution in [2.75, 3.05) is 11.9 Å². The van der Waals surface area contributed by atoms with Gasteiger partial charge in [-0.25, -0.2) is 4.98 Å². The first-order chi connectivity index (χ1) is 9.70. The number of hydrogen-bond donors (Lipinski definition) is 1. The van der Waals surface area contributed by atoms with Crippen molar-refractivity contribution in [3.05, 3.63) is 52.8 Å². The minimum Gasteiger partial charge on any atom is -0.494 e. The lowest BCUT2D eigenvalue weighted by molar-refractivity contribution is 0.317. The maximum Gasteiger partial charge on any atom is 0.152 e. The maximum atomic E-state index is 6.08. The van der Waals surface area contributed by atoms with Gasteiger partial charge in [-0.15, -0.1) is 0 Å². The van der Waals surface area contributed by atoms with Crippen LogP contribution in [0.1, 0.15) is 24.5 Å². The van der Waals surface area contributed by atoms with Gasteiger partial charge in [0.05, 0.1) is 12.3 Å². The Morgan fingerprint density at radius 3 is 2.60 bits per heavy atom. The van der Waals surface area contributed by atoms with Crippen molar-refractivity contribution in [1.29, 1.82) is 0 Å². The van der Waals surface area contributed by atoms with Gasteiger partial charge >= 0.3 is 0 Å². The molecule has 0 aliphatic heterocycles. The predicted molar refractivity (Wildman–Crippen MR) is 83.5 cm³/mol. The molecular formula is C16H19ClN2O. The minimum atomic E-state index is 0.507. The second kappa shape index (κ2) is 7.15. The molecule has 0 saturated heterocycles. The number of benzene rings is 1. The van der Waals surface area contributed by atoms with Crippen LogP contribution in [0.3, 0.4) is 0 Å². The zero-order valence-corrected chi connectivity index (χ0v) is 12.6. The Labute approximate surface area is 124 Å². The van der Waals surface area contributed by atoms with Crippen LogP contribution < -0.4 is 10.1 Å². The van der Waals surface area contributed by atoms with Crippen molar-refractivity contribution in [3.63, 3.8) is 0 Å². The molecule has 1 N–H and O–H groups in total. The number of hydrogen-bond acceptors (Lipinski definition) is 3. The molecule has 0 saturated carbocycles. The Morgan fingerprint density at radius 1 is 1.20 bits per heavy atom. The Morgan fingerprint density at radius 2 is 1.95 bits per heavy atom. The van der Waals surface area contributed by atoms with E-state index in [2.05, 4.69) is 29.4 Å². The molecule has 2 rings (SSSR count). The Balaban J connectivity index is 1.97. The van der Waals surface area contributed by atoms with Gasteiger partial charge in [0.15, 0.2) is 5.15 Å². The van der Waals surface area contributed by atoms with Crippen molar-refractivity contribution < 1.29 is 4.74 Å². The highest BCUT2D eigenvalue weighted by Gasteiger charge is 2.04. The van der Waals surface area contributed by atoms with Crippen LogP contribution in [0.5, 0.6) is 5.75 Å². The molecule has 0 unspecified atom stereocenters. The molecule has 3 nitrogen and oxygen atoms in total. The van der Waals surface area contributed by atoms with Crippen LogP contribution in [0, 0.1) is 6.92 Å². The lowest BCUT2D eigenvalue weighted by Crippen LogP contribution is -2.02. The molecule has 0 bridgehead atoms. The van der Waals surface area contributed by atoms with E-state index in [1.54, 1.807) is 6.20 Å². The summed E-state index contributed by atoms with van der Waals surface area (Å²) in [6.45, 7) is 5.57. The van der Waals surface area contributed by atoms with E-state index in [9.17, 15) is 0 Å². The molecule has 0 radical (unpaired) electrons.